The van der Waals surface area contributed by atoms with E-state index in [0.29, 0.717) is 5.82 Å². The predicted molar refractivity (Wildman–Crippen MR) is 231 cm³/mol. The average Bonchev–Trinajstić information content (AvgIpc) is 3.60. The van der Waals surface area contributed by atoms with Crippen molar-refractivity contribution < 1.29 is 0 Å². The van der Waals surface area contributed by atoms with E-state index in [2.05, 4.69) is 205 Å². The lowest BCUT2D eigenvalue weighted by molar-refractivity contribution is 1.17. The monoisotopic (exact) mass is 699 g/mol. The van der Waals surface area contributed by atoms with Gasteiger partial charge in [-0.3, -0.25) is 0 Å². The fraction of sp³-hybridized carbons (Fsp3) is 0. The van der Waals surface area contributed by atoms with Gasteiger partial charge in [-0.2, -0.15) is 0 Å². The molecule has 11 rings (SSSR count). The highest BCUT2D eigenvalue weighted by Gasteiger charge is 2.18. The van der Waals surface area contributed by atoms with Crippen LogP contribution in [0.3, 0.4) is 0 Å². The van der Waals surface area contributed by atoms with Crippen LogP contribution in [-0.2, 0) is 0 Å². The Kier molecular flexibility index (Phi) is 7.17. The van der Waals surface area contributed by atoms with Gasteiger partial charge in [0.05, 0.1) is 22.2 Å². The molecule has 11 aromatic rings. The Balaban J connectivity index is 1.08. The largest absolute Gasteiger partial charge is 0.309 e. The summed E-state index contributed by atoms with van der Waals surface area (Å²) in [5.41, 5.74) is 12.1. The van der Waals surface area contributed by atoms with E-state index < -0.39 is 0 Å². The van der Waals surface area contributed by atoms with Crippen molar-refractivity contribution in [1.82, 2.24) is 14.5 Å². The molecule has 3 nitrogen and oxygen atoms in total. The molecule has 0 N–H and O–H groups in total. The molecule has 0 bridgehead atoms. The van der Waals surface area contributed by atoms with Crippen LogP contribution >= 0.6 is 0 Å². The molecule has 0 atom stereocenters. The number of rotatable bonds is 5. The Morgan fingerprint density at radius 2 is 0.945 bits per heavy atom. The van der Waals surface area contributed by atoms with E-state index in [4.69, 9.17) is 9.97 Å². The summed E-state index contributed by atoms with van der Waals surface area (Å²) in [6.07, 6.45) is 0. The lowest BCUT2D eigenvalue weighted by Gasteiger charge is -2.15. The number of fused-ring (bicyclic) bond motifs is 7. The van der Waals surface area contributed by atoms with Crippen molar-refractivity contribution in [2.75, 3.05) is 0 Å². The Morgan fingerprint density at radius 3 is 1.75 bits per heavy atom. The topological polar surface area (TPSA) is 30.7 Å². The van der Waals surface area contributed by atoms with Gasteiger partial charge in [-0.25, -0.2) is 9.97 Å². The predicted octanol–water partition coefficient (Wildman–Crippen LogP) is 13.7. The van der Waals surface area contributed by atoms with Crippen LogP contribution in [0.25, 0.3) is 105 Å². The minimum atomic E-state index is 0.705. The van der Waals surface area contributed by atoms with Crippen molar-refractivity contribution in [3.8, 4) is 50.6 Å². The van der Waals surface area contributed by atoms with Gasteiger partial charge in [0.2, 0.25) is 0 Å². The van der Waals surface area contributed by atoms with E-state index in [1.807, 2.05) is 0 Å². The first-order valence-electron chi connectivity index (χ1n) is 18.7. The summed E-state index contributed by atoms with van der Waals surface area (Å²) in [6, 6.07) is 71.5. The van der Waals surface area contributed by atoms with Crippen LogP contribution in [-0.4, -0.2) is 14.5 Å². The van der Waals surface area contributed by atoms with E-state index in [-0.39, 0.29) is 0 Å². The molecule has 0 aliphatic rings. The lowest BCUT2D eigenvalue weighted by atomic mass is 9.92. The molecule has 0 amide bonds. The number of hydrogen-bond donors (Lipinski definition) is 0. The highest BCUT2D eigenvalue weighted by molar-refractivity contribution is 6.16. The SMILES string of the molecule is c1ccc(-c2ccc3c(c2)c2ccccc2n3-c2ccc(-c3nc(-c4ccccc4)c4cc(-c5ccc6ccccc6c5)c5ccccc5c4n3)cc2)cc1. The molecule has 55 heavy (non-hydrogen) atoms. The first-order chi connectivity index (χ1) is 27.3. The molecule has 0 aliphatic heterocycles. The Morgan fingerprint density at radius 1 is 0.327 bits per heavy atom. The third-order valence-electron chi connectivity index (χ3n) is 11.0. The van der Waals surface area contributed by atoms with Crippen LogP contribution in [0.1, 0.15) is 0 Å². The van der Waals surface area contributed by atoms with Gasteiger partial charge < -0.3 is 4.57 Å². The zero-order valence-electron chi connectivity index (χ0n) is 29.9. The van der Waals surface area contributed by atoms with Crippen LogP contribution in [0.2, 0.25) is 0 Å². The van der Waals surface area contributed by atoms with Crippen molar-refractivity contribution in [1.29, 1.82) is 0 Å². The molecule has 0 saturated carbocycles. The van der Waals surface area contributed by atoms with Gasteiger partial charge in [-0.15, -0.1) is 0 Å². The second-order valence-electron chi connectivity index (χ2n) is 14.2. The van der Waals surface area contributed by atoms with Gasteiger partial charge in [-0.1, -0.05) is 146 Å². The van der Waals surface area contributed by atoms with Crippen LogP contribution in [0.4, 0.5) is 0 Å². The smallest absolute Gasteiger partial charge is 0.160 e. The number of para-hydroxylation sites is 1. The summed E-state index contributed by atoms with van der Waals surface area (Å²) in [5, 5.41) is 8.25. The zero-order chi connectivity index (χ0) is 36.3. The van der Waals surface area contributed by atoms with Crippen molar-refractivity contribution >= 4 is 54.3 Å². The maximum absolute atomic E-state index is 5.36. The normalized spacial score (nSPS) is 11.6. The Labute approximate surface area is 318 Å². The molecular formula is C52H33N3. The van der Waals surface area contributed by atoms with Crippen molar-refractivity contribution in [2.45, 2.75) is 0 Å². The lowest BCUT2D eigenvalue weighted by Crippen LogP contribution is -1.98. The minimum Gasteiger partial charge on any atom is -0.309 e. The maximum atomic E-state index is 5.36. The summed E-state index contributed by atoms with van der Waals surface area (Å²) in [7, 11) is 0. The fourth-order valence-electron chi connectivity index (χ4n) is 8.32. The number of nitrogens with zero attached hydrogens (tertiary/aromatic N) is 3. The van der Waals surface area contributed by atoms with Crippen LogP contribution in [0, 0.1) is 0 Å². The molecule has 256 valence electrons. The minimum absolute atomic E-state index is 0.705. The van der Waals surface area contributed by atoms with E-state index in [0.717, 1.165) is 38.8 Å². The second-order valence-corrected chi connectivity index (χ2v) is 14.2. The highest BCUT2D eigenvalue weighted by Crippen LogP contribution is 2.40. The molecule has 0 fully saturated rings. The second kappa shape index (κ2) is 12.6. The third-order valence-corrected chi connectivity index (χ3v) is 11.0. The molecule has 9 aromatic carbocycles. The first kappa shape index (κ1) is 31.2. The number of benzene rings is 9. The Bertz CT molecular complexity index is 3230. The van der Waals surface area contributed by atoms with E-state index in [9.17, 15) is 0 Å². The number of hydrogen-bond acceptors (Lipinski definition) is 2. The molecule has 0 saturated heterocycles. The van der Waals surface area contributed by atoms with Gasteiger partial charge in [0.1, 0.15) is 0 Å². The summed E-state index contributed by atoms with van der Waals surface area (Å²) in [6.45, 7) is 0. The van der Waals surface area contributed by atoms with Gasteiger partial charge in [0.25, 0.3) is 0 Å². The van der Waals surface area contributed by atoms with Gasteiger partial charge in [-0.05, 0) is 93.0 Å². The highest BCUT2D eigenvalue weighted by atomic mass is 15.0. The average molecular weight is 700 g/mol. The van der Waals surface area contributed by atoms with Crippen LogP contribution in [0.5, 0.6) is 0 Å². The third kappa shape index (κ3) is 5.20. The molecule has 2 aromatic heterocycles. The number of aromatic nitrogens is 3. The molecule has 2 heterocycles. The Hall–Kier alpha value is -7.36. The molecule has 0 aliphatic carbocycles. The molecular weight excluding hydrogens is 667 g/mol. The summed E-state index contributed by atoms with van der Waals surface area (Å²) < 4.78 is 2.36. The van der Waals surface area contributed by atoms with Crippen LogP contribution in [0.15, 0.2) is 200 Å². The van der Waals surface area contributed by atoms with E-state index in [1.165, 1.54) is 60.2 Å². The van der Waals surface area contributed by atoms with Crippen molar-refractivity contribution in [2.24, 2.45) is 0 Å². The molecule has 0 radical (unpaired) electrons. The fourth-order valence-corrected chi connectivity index (χ4v) is 8.32. The van der Waals surface area contributed by atoms with Gasteiger partial charge in [0, 0.05) is 38.4 Å². The van der Waals surface area contributed by atoms with E-state index >= 15 is 0 Å². The molecule has 0 unspecified atom stereocenters. The first-order valence-corrected chi connectivity index (χ1v) is 18.7. The standard InChI is InChI=1S/C52H33N3/c1-3-13-34(14-4-1)39-27-30-49-46(32-39)43-20-11-12-22-48(43)55(49)41-28-25-37(26-29-41)52-53-50(36-16-5-2-6-17-36)47-33-45(42-19-9-10-21-44(42)51(47)54-52)40-24-23-35-15-7-8-18-38(35)31-40/h1-33H. The van der Waals surface area contributed by atoms with Crippen LogP contribution < -0.4 is 0 Å². The van der Waals surface area contributed by atoms with E-state index in [1.54, 1.807) is 0 Å². The maximum Gasteiger partial charge on any atom is 0.160 e. The zero-order valence-corrected chi connectivity index (χ0v) is 29.9. The van der Waals surface area contributed by atoms with Gasteiger partial charge in [0.15, 0.2) is 5.82 Å². The van der Waals surface area contributed by atoms with Gasteiger partial charge >= 0.3 is 0 Å². The summed E-state index contributed by atoms with van der Waals surface area (Å²) in [5.74, 6) is 0.705. The molecule has 0 spiro atoms. The molecule has 3 heteroatoms. The quantitative estimate of drug-likeness (QED) is 0.167. The summed E-state index contributed by atoms with van der Waals surface area (Å²) >= 11 is 0. The van der Waals surface area contributed by atoms with Crippen molar-refractivity contribution in [3.05, 3.63) is 200 Å². The summed E-state index contributed by atoms with van der Waals surface area (Å²) in [4.78, 5) is 10.7. The van der Waals surface area contributed by atoms with Crippen molar-refractivity contribution in [3.63, 3.8) is 0 Å².